The van der Waals surface area contributed by atoms with E-state index in [0.29, 0.717) is 19.3 Å². The van der Waals surface area contributed by atoms with Gasteiger partial charge in [-0.3, -0.25) is 4.79 Å². The van der Waals surface area contributed by atoms with E-state index in [9.17, 15) is 4.79 Å². The molecular weight excluding hydrogens is 244 g/mol. The Balaban J connectivity index is 3.09. The number of hydrogen-bond donors (Lipinski definition) is 0. The van der Waals surface area contributed by atoms with Crippen LogP contribution in [-0.2, 0) is 19.0 Å². The lowest BCUT2D eigenvalue weighted by molar-refractivity contribution is -0.126. The van der Waals surface area contributed by atoms with Gasteiger partial charge < -0.3 is 14.2 Å². The maximum absolute atomic E-state index is 11.3. The molecule has 114 valence electrons. The van der Waals surface area contributed by atoms with Crippen molar-refractivity contribution in [1.29, 1.82) is 0 Å². The highest BCUT2D eigenvalue weighted by Gasteiger charge is 2.06. The van der Waals surface area contributed by atoms with Crippen molar-refractivity contribution in [1.82, 2.24) is 0 Å². The Bertz CT molecular complexity index is 214. The van der Waals surface area contributed by atoms with Crippen molar-refractivity contribution < 1.29 is 19.0 Å². The highest BCUT2D eigenvalue weighted by atomic mass is 16.5. The van der Waals surface area contributed by atoms with Gasteiger partial charge in [0.1, 0.15) is 6.61 Å². The van der Waals surface area contributed by atoms with Crippen molar-refractivity contribution in [2.24, 2.45) is 5.92 Å². The monoisotopic (exact) mass is 274 g/mol. The Morgan fingerprint density at radius 3 is 2.05 bits per heavy atom. The molecule has 0 aromatic rings. The minimum Gasteiger partial charge on any atom is -0.381 e. The van der Waals surface area contributed by atoms with Crippen LogP contribution >= 0.6 is 0 Å². The SMILES string of the molecule is CC(C)OCCCCOCCCOCC(=O)C(C)C. The van der Waals surface area contributed by atoms with Gasteiger partial charge in [-0.1, -0.05) is 13.8 Å². The van der Waals surface area contributed by atoms with Gasteiger partial charge in [0.15, 0.2) is 5.78 Å². The maximum Gasteiger partial charge on any atom is 0.160 e. The fourth-order valence-electron chi connectivity index (χ4n) is 1.33. The Morgan fingerprint density at radius 2 is 1.42 bits per heavy atom. The normalized spacial score (nSPS) is 11.5. The van der Waals surface area contributed by atoms with Crippen LogP contribution in [0.1, 0.15) is 47.0 Å². The van der Waals surface area contributed by atoms with Gasteiger partial charge in [0.05, 0.1) is 6.10 Å². The quantitative estimate of drug-likeness (QED) is 0.484. The summed E-state index contributed by atoms with van der Waals surface area (Å²) in [6, 6.07) is 0. The number of carbonyl (C=O) groups excluding carboxylic acids is 1. The number of ether oxygens (including phenoxy) is 3. The van der Waals surface area contributed by atoms with Crippen LogP contribution in [0.25, 0.3) is 0 Å². The lowest BCUT2D eigenvalue weighted by Gasteiger charge is -2.08. The summed E-state index contributed by atoms with van der Waals surface area (Å²) in [5.41, 5.74) is 0. The molecule has 0 amide bonds. The average Bonchev–Trinajstić information content (AvgIpc) is 2.35. The zero-order chi connectivity index (χ0) is 14.5. The number of ketones is 1. The molecule has 0 saturated carbocycles. The molecule has 0 rings (SSSR count). The third-order valence-electron chi connectivity index (χ3n) is 2.60. The molecule has 0 unspecified atom stereocenters. The van der Waals surface area contributed by atoms with Gasteiger partial charge in [-0.25, -0.2) is 0 Å². The standard InChI is InChI=1S/C15H30O4/c1-13(2)15(16)12-18-10-7-9-17-8-5-6-11-19-14(3)4/h13-14H,5-12H2,1-4H3. The maximum atomic E-state index is 11.3. The molecule has 0 heterocycles. The average molecular weight is 274 g/mol. The highest BCUT2D eigenvalue weighted by Crippen LogP contribution is 1.97. The second-order valence-electron chi connectivity index (χ2n) is 5.27. The number of rotatable bonds is 13. The largest absolute Gasteiger partial charge is 0.381 e. The third-order valence-corrected chi connectivity index (χ3v) is 2.60. The van der Waals surface area contributed by atoms with E-state index < -0.39 is 0 Å². The summed E-state index contributed by atoms with van der Waals surface area (Å²) in [6.07, 6.45) is 3.22. The first kappa shape index (κ1) is 18.6. The fourth-order valence-corrected chi connectivity index (χ4v) is 1.33. The molecule has 0 aromatic carbocycles. The van der Waals surface area contributed by atoms with E-state index in [-0.39, 0.29) is 18.3 Å². The Kier molecular flexibility index (Phi) is 12.3. The van der Waals surface area contributed by atoms with Crippen LogP contribution in [0, 0.1) is 5.92 Å². The molecule has 4 nitrogen and oxygen atoms in total. The van der Waals surface area contributed by atoms with Crippen LogP contribution in [0.5, 0.6) is 0 Å². The van der Waals surface area contributed by atoms with E-state index in [0.717, 1.165) is 32.5 Å². The van der Waals surface area contributed by atoms with Crippen LogP contribution in [-0.4, -0.2) is 44.9 Å². The van der Waals surface area contributed by atoms with Gasteiger partial charge in [-0.2, -0.15) is 0 Å². The van der Waals surface area contributed by atoms with Crippen molar-refractivity contribution in [2.45, 2.75) is 53.1 Å². The molecule has 0 aliphatic rings. The Morgan fingerprint density at radius 1 is 0.842 bits per heavy atom. The molecule has 0 radical (unpaired) electrons. The van der Waals surface area contributed by atoms with Crippen LogP contribution in [0.2, 0.25) is 0 Å². The van der Waals surface area contributed by atoms with Gasteiger partial charge in [0.2, 0.25) is 0 Å². The van der Waals surface area contributed by atoms with Crippen LogP contribution in [0.3, 0.4) is 0 Å². The van der Waals surface area contributed by atoms with Crippen LogP contribution in [0.4, 0.5) is 0 Å². The lowest BCUT2D eigenvalue weighted by atomic mass is 10.1. The Hall–Kier alpha value is -0.450. The van der Waals surface area contributed by atoms with Crippen LogP contribution < -0.4 is 0 Å². The first-order valence-electron chi connectivity index (χ1n) is 7.33. The first-order valence-corrected chi connectivity index (χ1v) is 7.33. The van der Waals surface area contributed by atoms with Crippen molar-refractivity contribution >= 4 is 5.78 Å². The highest BCUT2D eigenvalue weighted by molar-refractivity contribution is 5.81. The van der Waals surface area contributed by atoms with E-state index >= 15 is 0 Å². The summed E-state index contributed by atoms with van der Waals surface area (Å²) >= 11 is 0. The molecule has 0 fully saturated rings. The molecule has 0 aliphatic heterocycles. The summed E-state index contributed by atoms with van der Waals surface area (Å²) in [6.45, 7) is 10.9. The van der Waals surface area contributed by atoms with Gasteiger partial charge in [0.25, 0.3) is 0 Å². The molecule has 0 N–H and O–H groups in total. The fraction of sp³-hybridized carbons (Fsp3) is 0.933. The molecular formula is C15H30O4. The first-order chi connectivity index (χ1) is 9.04. The topological polar surface area (TPSA) is 44.8 Å². The zero-order valence-corrected chi connectivity index (χ0v) is 12.9. The van der Waals surface area contributed by atoms with E-state index in [1.54, 1.807) is 0 Å². The number of hydrogen-bond acceptors (Lipinski definition) is 4. The molecule has 0 aliphatic carbocycles. The van der Waals surface area contributed by atoms with Gasteiger partial charge >= 0.3 is 0 Å². The van der Waals surface area contributed by atoms with Gasteiger partial charge in [-0.15, -0.1) is 0 Å². The number of Topliss-reactive ketones (excluding diaryl/α,β-unsaturated/α-hetero) is 1. The third kappa shape index (κ3) is 13.8. The number of carbonyl (C=O) groups is 1. The van der Waals surface area contributed by atoms with Crippen molar-refractivity contribution in [3.8, 4) is 0 Å². The number of unbranched alkanes of at least 4 members (excludes halogenated alkanes) is 1. The summed E-state index contributed by atoms with van der Waals surface area (Å²) in [7, 11) is 0. The second-order valence-corrected chi connectivity index (χ2v) is 5.27. The van der Waals surface area contributed by atoms with Crippen molar-refractivity contribution in [3.63, 3.8) is 0 Å². The molecule has 0 aromatic heterocycles. The van der Waals surface area contributed by atoms with Crippen molar-refractivity contribution in [3.05, 3.63) is 0 Å². The minimum atomic E-state index is 0.0595. The van der Waals surface area contributed by atoms with Crippen LogP contribution in [0.15, 0.2) is 0 Å². The van der Waals surface area contributed by atoms with Gasteiger partial charge in [-0.05, 0) is 33.1 Å². The summed E-state index contributed by atoms with van der Waals surface area (Å²) < 4.78 is 16.2. The molecule has 0 saturated heterocycles. The predicted octanol–water partition coefficient (Wildman–Crippen LogP) is 2.84. The molecule has 0 atom stereocenters. The lowest BCUT2D eigenvalue weighted by Crippen LogP contribution is -2.15. The van der Waals surface area contributed by atoms with Crippen molar-refractivity contribution in [2.75, 3.05) is 33.0 Å². The smallest absolute Gasteiger partial charge is 0.160 e. The van der Waals surface area contributed by atoms with Gasteiger partial charge in [0, 0.05) is 32.3 Å². The second kappa shape index (κ2) is 12.6. The van der Waals surface area contributed by atoms with E-state index in [1.807, 2.05) is 27.7 Å². The molecule has 19 heavy (non-hydrogen) atoms. The molecule has 0 spiro atoms. The molecule has 0 bridgehead atoms. The zero-order valence-electron chi connectivity index (χ0n) is 12.9. The molecule has 4 heteroatoms. The van der Waals surface area contributed by atoms with E-state index in [4.69, 9.17) is 14.2 Å². The summed E-state index contributed by atoms with van der Waals surface area (Å²) in [5, 5.41) is 0. The summed E-state index contributed by atoms with van der Waals surface area (Å²) in [5.74, 6) is 0.218. The Labute approximate surface area is 117 Å². The van der Waals surface area contributed by atoms with E-state index in [1.165, 1.54) is 0 Å². The predicted molar refractivity (Wildman–Crippen MR) is 76.4 cm³/mol. The van der Waals surface area contributed by atoms with E-state index in [2.05, 4.69) is 0 Å². The summed E-state index contributed by atoms with van der Waals surface area (Å²) in [4.78, 5) is 11.3. The minimum absolute atomic E-state index is 0.0595.